The lowest BCUT2D eigenvalue weighted by molar-refractivity contribution is -0.145. The molecular formula is C15H20ClNO2. The second kappa shape index (κ2) is 5.93. The molecule has 19 heavy (non-hydrogen) atoms. The van der Waals surface area contributed by atoms with Crippen LogP contribution in [0.4, 0.5) is 0 Å². The fourth-order valence-electron chi connectivity index (χ4n) is 3.60. The Labute approximate surface area is 120 Å². The van der Waals surface area contributed by atoms with Crippen molar-refractivity contribution in [2.45, 2.75) is 44.3 Å². The van der Waals surface area contributed by atoms with Crippen LogP contribution in [0, 0.1) is 5.92 Å². The fraction of sp³-hybridized carbons (Fsp3) is 0.533. The lowest BCUT2D eigenvalue weighted by Crippen LogP contribution is -2.46. The topological polar surface area (TPSA) is 40.5 Å². The number of piperidine rings is 1. The monoisotopic (exact) mass is 281 g/mol. The van der Waals surface area contributed by atoms with Gasteiger partial charge >= 0.3 is 5.97 Å². The van der Waals surface area contributed by atoms with E-state index in [0.717, 1.165) is 25.8 Å². The van der Waals surface area contributed by atoms with Crippen LogP contribution in [0.5, 0.6) is 0 Å². The second-order valence-corrected chi connectivity index (χ2v) is 5.48. The molecule has 0 saturated carbocycles. The summed E-state index contributed by atoms with van der Waals surface area (Å²) >= 11 is 0. The highest BCUT2D eigenvalue weighted by Gasteiger charge is 2.44. The summed E-state index contributed by atoms with van der Waals surface area (Å²) in [4.78, 5) is 13.7. The van der Waals surface area contributed by atoms with Gasteiger partial charge in [-0.2, -0.15) is 0 Å². The van der Waals surface area contributed by atoms with Crippen LogP contribution in [-0.4, -0.2) is 28.1 Å². The maximum absolute atomic E-state index is 11.3. The summed E-state index contributed by atoms with van der Waals surface area (Å²) in [5.41, 5.74) is 1.29. The van der Waals surface area contributed by atoms with E-state index < -0.39 is 5.97 Å². The Morgan fingerprint density at radius 1 is 1.16 bits per heavy atom. The molecule has 104 valence electrons. The molecule has 1 N–H and O–H groups in total. The number of aliphatic carboxylic acids is 1. The van der Waals surface area contributed by atoms with Crippen LogP contribution in [-0.2, 0) is 11.3 Å². The van der Waals surface area contributed by atoms with Gasteiger partial charge in [-0.25, -0.2) is 0 Å². The molecule has 4 heteroatoms. The third-order valence-corrected chi connectivity index (χ3v) is 4.49. The van der Waals surface area contributed by atoms with Crippen LogP contribution in [0.15, 0.2) is 30.3 Å². The first-order valence-electron chi connectivity index (χ1n) is 6.78. The summed E-state index contributed by atoms with van der Waals surface area (Å²) in [5.74, 6) is -0.772. The van der Waals surface area contributed by atoms with Gasteiger partial charge in [0.05, 0.1) is 5.92 Å². The molecular weight excluding hydrogens is 262 g/mol. The Kier molecular flexibility index (Phi) is 4.48. The second-order valence-electron chi connectivity index (χ2n) is 5.48. The minimum Gasteiger partial charge on any atom is -0.481 e. The standard InChI is InChI=1S/C15H19NO2.ClH/c17-15(18)13-8-6-12-7-9-14(13)16(12)10-11-4-2-1-3-5-11;/h1-5,12-14H,6-10H2,(H,17,18);1H/t12?,13-,14?;/m1./s1. The Morgan fingerprint density at radius 2 is 1.84 bits per heavy atom. The van der Waals surface area contributed by atoms with E-state index in [1.807, 2.05) is 6.07 Å². The van der Waals surface area contributed by atoms with Gasteiger partial charge in [-0.05, 0) is 31.2 Å². The summed E-state index contributed by atoms with van der Waals surface area (Å²) < 4.78 is 0. The first-order valence-corrected chi connectivity index (χ1v) is 6.78. The number of carboxylic acid groups (broad SMARTS) is 1. The van der Waals surface area contributed by atoms with E-state index in [4.69, 9.17) is 0 Å². The number of nitrogens with zero attached hydrogens (tertiary/aromatic N) is 1. The van der Waals surface area contributed by atoms with Crippen molar-refractivity contribution >= 4 is 18.4 Å². The predicted octanol–water partition coefficient (Wildman–Crippen LogP) is 2.94. The minimum atomic E-state index is -0.613. The average molecular weight is 282 g/mol. The first kappa shape index (κ1) is 14.4. The number of carbonyl (C=O) groups is 1. The number of rotatable bonds is 3. The molecule has 3 nitrogen and oxygen atoms in total. The van der Waals surface area contributed by atoms with Crippen molar-refractivity contribution in [3.05, 3.63) is 35.9 Å². The summed E-state index contributed by atoms with van der Waals surface area (Å²) in [6, 6.07) is 11.2. The van der Waals surface area contributed by atoms with E-state index in [1.165, 1.54) is 12.0 Å². The highest BCUT2D eigenvalue weighted by Crippen LogP contribution is 2.40. The minimum absolute atomic E-state index is 0. The van der Waals surface area contributed by atoms with Gasteiger partial charge in [0.25, 0.3) is 0 Å². The van der Waals surface area contributed by atoms with Crippen LogP contribution in [0.1, 0.15) is 31.2 Å². The summed E-state index contributed by atoms with van der Waals surface area (Å²) in [6.45, 7) is 0.903. The first-order chi connectivity index (χ1) is 8.75. The van der Waals surface area contributed by atoms with Gasteiger partial charge in [-0.1, -0.05) is 30.3 Å². The zero-order valence-electron chi connectivity index (χ0n) is 10.9. The molecule has 0 spiro atoms. The zero-order valence-corrected chi connectivity index (χ0v) is 11.7. The molecule has 1 aromatic rings. The molecule has 1 aromatic carbocycles. The van der Waals surface area contributed by atoms with E-state index in [2.05, 4.69) is 29.2 Å². The van der Waals surface area contributed by atoms with Crippen molar-refractivity contribution in [1.82, 2.24) is 4.90 Å². The van der Waals surface area contributed by atoms with Gasteiger partial charge in [0.2, 0.25) is 0 Å². The zero-order chi connectivity index (χ0) is 12.5. The van der Waals surface area contributed by atoms with Crippen LogP contribution in [0.2, 0.25) is 0 Å². The molecule has 0 amide bonds. The van der Waals surface area contributed by atoms with Gasteiger partial charge in [0, 0.05) is 18.6 Å². The van der Waals surface area contributed by atoms with Crippen molar-refractivity contribution in [2.24, 2.45) is 5.92 Å². The Bertz CT molecular complexity index is 437. The van der Waals surface area contributed by atoms with Crippen molar-refractivity contribution in [3.63, 3.8) is 0 Å². The van der Waals surface area contributed by atoms with Crippen LogP contribution in [0.25, 0.3) is 0 Å². The maximum Gasteiger partial charge on any atom is 0.308 e. The van der Waals surface area contributed by atoms with Crippen LogP contribution < -0.4 is 0 Å². The number of halogens is 1. The van der Waals surface area contributed by atoms with Gasteiger partial charge in [0.1, 0.15) is 0 Å². The molecule has 0 aliphatic carbocycles. The molecule has 0 radical (unpaired) electrons. The van der Waals surface area contributed by atoms with Crippen molar-refractivity contribution in [3.8, 4) is 0 Å². The molecule has 2 unspecified atom stereocenters. The highest BCUT2D eigenvalue weighted by atomic mass is 35.5. The molecule has 2 heterocycles. The molecule has 3 rings (SSSR count). The van der Waals surface area contributed by atoms with E-state index in [1.54, 1.807) is 0 Å². The van der Waals surface area contributed by atoms with E-state index >= 15 is 0 Å². The average Bonchev–Trinajstić information content (AvgIpc) is 2.63. The SMILES string of the molecule is Cl.O=C(O)[C@@H]1CCC2CCC1N2Cc1ccccc1. The van der Waals surface area contributed by atoms with E-state index in [0.29, 0.717) is 6.04 Å². The van der Waals surface area contributed by atoms with Gasteiger partial charge < -0.3 is 5.11 Å². The third kappa shape index (κ3) is 2.77. The normalized spacial score (nSPS) is 29.8. The molecule has 0 aromatic heterocycles. The quantitative estimate of drug-likeness (QED) is 0.926. The number of hydrogen-bond donors (Lipinski definition) is 1. The van der Waals surface area contributed by atoms with Gasteiger partial charge in [0.15, 0.2) is 0 Å². The molecule has 2 bridgehead atoms. The van der Waals surface area contributed by atoms with E-state index in [-0.39, 0.29) is 24.4 Å². The van der Waals surface area contributed by atoms with Crippen LogP contribution in [0.3, 0.4) is 0 Å². The van der Waals surface area contributed by atoms with Crippen LogP contribution >= 0.6 is 12.4 Å². The molecule has 2 fully saturated rings. The molecule has 2 saturated heterocycles. The third-order valence-electron chi connectivity index (χ3n) is 4.49. The summed E-state index contributed by atoms with van der Waals surface area (Å²) in [7, 11) is 0. The smallest absolute Gasteiger partial charge is 0.308 e. The van der Waals surface area contributed by atoms with Crippen molar-refractivity contribution in [2.75, 3.05) is 0 Å². The maximum atomic E-state index is 11.3. The number of fused-ring (bicyclic) bond motifs is 2. The number of benzene rings is 1. The fourth-order valence-corrected chi connectivity index (χ4v) is 3.60. The number of carboxylic acids is 1. The summed E-state index contributed by atoms with van der Waals surface area (Å²) in [6.07, 6.45) is 4.12. The highest BCUT2D eigenvalue weighted by molar-refractivity contribution is 5.85. The molecule has 2 aliphatic heterocycles. The summed E-state index contributed by atoms with van der Waals surface area (Å²) in [5, 5.41) is 9.32. The van der Waals surface area contributed by atoms with Crippen molar-refractivity contribution < 1.29 is 9.90 Å². The largest absolute Gasteiger partial charge is 0.481 e. The van der Waals surface area contributed by atoms with Crippen molar-refractivity contribution in [1.29, 1.82) is 0 Å². The van der Waals surface area contributed by atoms with Gasteiger partial charge in [-0.3, -0.25) is 9.69 Å². The Hall–Kier alpha value is -1.06. The lowest BCUT2D eigenvalue weighted by atomic mass is 9.90. The predicted molar refractivity (Wildman–Crippen MR) is 76.4 cm³/mol. The van der Waals surface area contributed by atoms with Gasteiger partial charge in [-0.15, -0.1) is 12.4 Å². The molecule has 3 atom stereocenters. The number of hydrogen-bond acceptors (Lipinski definition) is 2. The lowest BCUT2D eigenvalue weighted by Gasteiger charge is -2.38. The van der Waals surface area contributed by atoms with E-state index in [9.17, 15) is 9.90 Å². The Balaban J connectivity index is 0.00000133. The Morgan fingerprint density at radius 3 is 2.53 bits per heavy atom. The molecule has 2 aliphatic rings.